The van der Waals surface area contributed by atoms with Crippen LogP contribution >= 0.6 is 0 Å². The summed E-state index contributed by atoms with van der Waals surface area (Å²) in [6, 6.07) is 20.8. The lowest BCUT2D eigenvalue weighted by Gasteiger charge is -2.27. The van der Waals surface area contributed by atoms with E-state index in [1.54, 1.807) is 54.6 Å². The van der Waals surface area contributed by atoms with Crippen LogP contribution in [0.15, 0.2) is 78.9 Å². The van der Waals surface area contributed by atoms with Crippen LogP contribution in [0.1, 0.15) is 32.3 Å². The minimum absolute atomic E-state index is 0.00884. The highest BCUT2D eigenvalue weighted by Gasteiger charge is 2.40. The van der Waals surface area contributed by atoms with Crippen molar-refractivity contribution in [2.24, 2.45) is 0 Å². The lowest BCUT2D eigenvalue weighted by molar-refractivity contribution is 0.0582. The number of phenols is 1. The molecule has 1 unspecified atom stereocenters. The van der Waals surface area contributed by atoms with Gasteiger partial charge in [0.05, 0.1) is 22.9 Å². The van der Waals surface area contributed by atoms with Crippen molar-refractivity contribution in [3.8, 4) is 5.75 Å². The molecule has 7 nitrogen and oxygen atoms in total. The molecule has 0 radical (unpaired) electrons. The van der Waals surface area contributed by atoms with Gasteiger partial charge in [-0.1, -0.05) is 54.6 Å². The third-order valence-corrected chi connectivity index (χ3v) is 4.93. The number of hydrogen-bond donors (Lipinski definition) is 3. The molecule has 0 saturated carbocycles. The van der Waals surface area contributed by atoms with Crippen LogP contribution < -0.4 is 10.6 Å². The molecule has 1 atom stereocenters. The molecule has 1 aliphatic heterocycles. The van der Waals surface area contributed by atoms with Gasteiger partial charge in [-0.3, -0.25) is 14.5 Å². The highest BCUT2D eigenvalue weighted by molar-refractivity contribution is 6.21. The standard InChI is InChI=1S/C23H19N3O4/c27-20-13-7-6-12-18(20)25-23(30)24-14-19(15-8-2-1-3-9-15)26-21(28)16-10-4-5-11-17(16)22(26)29/h1-13,19,27H,14H2,(H2,24,25,30). The Morgan fingerprint density at radius 1 is 0.833 bits per heavy atom. The summed E-state index contributed by atoms with van der Waals surface area (Å²) in [5, 5.41) is 15.1. The van der Waals surface area contributed by atoms with E-state index in [0.717, 1.165) is 5.56 Å². The van der Waals surface area contributed by atoms with E-state index in [1.807, 2.05) is 18.2 Å². The summed E-state index contributed by atoms with van der Waals surface area (Å²) in [5.41, 5.74) is 1.67. The first-order valence-electron chi connectivity index (χ1n) is 9.41. The van der Waals surface area contributed by atoms with E-state index in [-0.39, 0.29) is 18.0 Å². The third-order valence-electron chi connectivity index (χ3n) is 4.93. The van der Waals surface area contributed by atoms with Crippen LogP contribution in [0.4, 0.5) is 10.5 Å². The van der Waals surface area contributed by atoms with Crippen molar-refractivity contribution >= 4 is 23.5 Å². The lowest BCUT2D eigenvalue weighted by atomic mass is 10.1. The minimum atomic E-state index is -0.686. The molecule has 0 fully saturated rings. The Morgan fingerprint density at radius 2 is 1.40 bits per heavy atom. The molecular weight excluding hydrogens is 382 g/mol. The Bertz CT molecular complexity index is 1080. The van der Waals surface area contributed by atoms with E-state index < -0.39 is 23.9 Å². The topological polar surface area (TPSA) is 98.7 Å². The van der Waals surface area contributed by atoms with Crippen LogP contribution in [-0.4, -0.2) is 34.4 Å². The zero-order valence-electron chi connectivity index (χ0n) is 15.9. The van der Waals surface area contributed by atoms with Gasteiger partial charge in [0.25, 0.3) is 11.8 Å². The average molecular weight is 401 g/mol. The van der Waals surface area contributed by atoms with Crippen LogP contribution in [-0.2, 0) is 0 Å². The number of nitrogens with one attached hydrogen (secondary N) is 2. The van der Waals surface area contributed by atoms with E-state index in [2.05, 4.69) is 10.6 Å². The van der Waals surface area contributed by atoms with Crippen molar-refractivity contribution in [1.29, 1.82) is 0 Å². The number of carbonyl (C=O) groups excluding carboxylic acids is 3. The van der Waals surface area contributed by atoms with Crippen LogP contribution in [0, 0.1) is 0 Å². The first-order chi connectivity index (χ1) is 14.6. The first kappa shape index (κ1) is 19.2. The molecular formula is C23H19N3O4. The molecule has 150 valence electrons. The van der Waals surface area contributed by atoms with Crippen molar-refractivity contribution in [3.63, 3.8) is 0 Å². The van der Waals surface area contributed by atoms with Gasteiger partial charge in [0.2, 0.25) is 0 Å². The number of benzene rings is 3. The Kier molecular flexibility index (Phi) is 5.17. The van der Waals surface area contributed by atoms with Gasteiger partial charge < -0.3 is 15.7 Å². The van der Waals surface area contributed by atoms with E-state index >= 15 is 0 Å². The quantitative estimate of drug-likeness (QED) is 0.450. The molecule has 4 amide bonds. The number of fused-ring (bicyclic) bond motifs is 1. The Morgan fingerprint density at radius 3 is 2.03 bits per heavy atom. The Balaban J connectivity index is 1.56. The number of anilines is 1. The fourth-order valence-electron chi connectivity index (χ4n) is 3.46. The van der Waals surface area contributed by atoms with Gasteiger partial charge in [-0.05, 0) is 29.8 Å². The van der Waals surface area contributed by atoms with Gasteiger partial charge in [-0.2, -0.15) is 0 Å². The highest BCUT2D eigenvalue weighted by Crippen LogP contribution is 2.31. The second-order valence-corrected chi connectivity index (χ2v) is 6.80. The van der Waals surface area contributed by atoms with Crippen LogP contribution in [0.5, 0.6) is 5.75 Å². The molecule has 0 bridgehead atoms. The molecule has 4 rings (SSSR count). The molecule has 0 spiro atoms. The maximum absolute atomic E-state index is 12.9. The van der Waals surface area contributed by atoms with Gasteiger partial charge in [0.1, 0.15) is 5.75 Å². The van der Waals surface area contributed by atoms with Gasteiger partial charge >= 0.3 is 6.03 Å². The number of imide groups is 1. The van der Waals surface area contributed by atoms with Crippen molar-refractivity contribution in [2.75, 3.05) is 11.9 Å². The zero-order valence-corrected chi connectivity index (χ0v) is 15.9. The molecule has 3 N–H and O–H groups in total. The highest BCUT2D eigenvalue weighted by atomic mass is 16.3. The summed E-state index contributed by atoms with van der Waals surface area (Å²) < 4.78 is 0. The lowest BCUT2D eigenvalue weighted by Crippen LogP contribution is -2.42. The van der Waals surface area contributed by atoms with Gasteiger partial charge in [-0.25, -0.2) is 4.79 Å². The number of urea groups is 1. The summed E-state index contributed by atoms with van der Waals surface area (Å²) >= 11 is 0. The van der Waals surface area contributed by atoms with Crippen molar-refractivity contribution in [3.05, 3.63) is 95.6 Å². The maximum Gasteiger partial charge on any atom is 0.319 e. The first-order valence-corrected chi connectivity index (χ1v) is 9.41. The van der Waals surface area contributed by atoms with Crippen LogP contribution in [0.25, 0.3) is 0 Å². The number of rotatable bonds is 5. The number of aromatic hydroxyl groups is 1. The Hall–Kier alpha value is -4.13. The number of carbonyl (C=O) groups is 3. The SMILES string of the molecule is O=C(NCC(c1ccccc1)N1C(=O)c2ccccc2C1=O)Nc1ccccc1O. The third kappa shape index (κ3) is 3.60. The van der Waals surface area contributed by atoms with Gasteiger partial charge in [-0.15, -0.1) is 0 Å². The molecule has 30 heavy (non-hydrogen) atoms. The minimum Gasteiger partial charge on any atom is -0.506 e. The molecule has 0 aliphatic carbocycles. The van der Waals surface area contributed by atoms with E-state index in [9.17, 15) is 19.5 Å². The smallest absolute Gasteiger partial charge is 0.319 e. The summed E-state index contributed by atoms with van der Waals surface area (Å²) in [4.78, 5) is 39.4. The molecule has 0 aromatic heterocycles. The fraction of sp³-hybridized carbons (Fsp3) is 0.0870. The number of phenolic OH excluding ortho intramolecular Hbond substituents is 1. The molecule has 0 saturated heterocycles. The normalized spacial score (nSPS) is 13.7. The molecule has 1 heterocycles. The summed E-state index contributed by atoms with van der Waals surface area (Å²) in [6.07, 6.45) is 0. The monoisotopic (exact) mass is 401 g/mol. The van der Waals surface area contributed by atoms with Crippen LogP contribution in [0.3, 0.4) is 0 Å². The predicted molar refractivity (Wildman–Crippen MR) is 111 cm³/mol. The van der Waals surface area contributed by atoms with E-state index in [1.165, 1.54) is 11.0 Å². The van der Waals surface area contributed by atoms with E-state index in [4.69, 9.17) is 0 Å². The fourth-order valence-corrected chi connectivity index (χ4v) is 3.46. The summed E-state index contributed by atoms with van der Waals surface area (Å²) in [7, 11) is 0. The second kappa shape index (κ2) is 8.08. The van der Waals surface area contributed by atoms with Gasteiger partial charge in [0, 0.05) is 6.54 Å². The van der Waals surface area contributed by atoms with Crippen molar-refractivity contribution in [1.82, 2.24) is 10.2 Å². The molecule has 3 aromatic rings. The summed E-state index contributed by atoms with van der Waals surface area (Å²) in [6.45, 7) is 0.00884. The number of hydrogen-bond acceptors (Lipinski definition) is 4. The zero-order chi connectivity index (χ0) is 21.1. The van der Waals surface area contributed by atoms with Gasteiger partial charge in [0.15, 0.2) is 0 Å². The maximum atomic E-state index is 12.9. The second-order valence-electron chi connectivity index (χ2n) is 6.80. The predicted octanol–water partition coefficient (Wildman–Crippen LogP) is 3.55. The Labute approximate surface area is 173 Å². The molecule has 1 aliphatic rings. The number of nitrogens with zero attached hydrogens (tertiary/aromatic N) is 1. The van der Waals surface area contributed by atoms with E-state index in [0.29, 0.717) is 11.1 Å². The largest absolute Gasteiger partial charge is 0.506 e. The number of para-hydroxylation sites is 2. The summed E-state index contributed by atoms with van der Waals surface area (Å²) in [5.74, 6) is -0.854. The van der Waals surface area contributed by atoms with Crippen molar-refractivity contribution in [2.45, 2.75) is 6.04 Å². The van der Waals surface area contributed by atoms with Crippen LogP contribution in [0.2, 0.25) is 0 Å². The van der Waals surface area contributed by atoms with Crippen molar-refractivity contribution < 1.29 is 19.5 Å². The average Bonchev–Trinajstić information content (AvgIpc) is 3.02. The molecule has 3 aromatic carbocycles. The molecule has 7 heteroatoms. The number of amides is 4.